The summed E-state index contributed by atoms with van der Waals surface area (Å²) in [5, 5.41) is 2.25. The molecular weight excluding hydrogens is 354 g/mol. The Morgan fingerprint density at radius 1 is 1.26 bits per heavy atom. The van der Waals surface area contributed by atoms with Crippen molar-refractivity contribution in [1.29, 1.82) is 0 Å². The number of carbonyl (C=O) groups is 1. The van der Waals surface area contributed by atoms with Crippen LogP contribution in [0.1, 0.15) is 23.2 Å². The van der Waals surface area contributed by atoms with Crippen LogP contribution in [0.25, 0.3) is 0 Å². The summed E-state index contributed by atoms with van der Waals surface area (Å²) in [6.07, 6.45) is 1.38. The quantitative estimate of drug-likeness (QED) is 0.772. The minimum atomic E-state index is -3.50. The first-order valence-electron chi connectivity index (χ1n) is 7.32. The molecule has 1 saturated heterocycles. The van der Waals surface area contributed by atoms with E-state index in [0.29, 0.717) is 34.2 Å². The minimum absolute atomic E-state index is 0.0430. The molecule has 2 heterocycles. The predicted molar refractivity (Wildman–Crippen MR) is 91.6 cm³/mol. The molecule has 0 radical (unpaired) electrons. The zero-order valence-electron chi connectivity index (χ0n) is 12.3. The molecule has 0 unspecified atom stereocenters. The van der Waals surface area contributed by atoms with Gasteiger partial charge in [0.1, 0.15) is 4.21 Å². The topological polar surface area (TPSA) is 54.5 Å². The Hall–Kier alpha value is -1.21. The van der Waals surface area contributed by atoms with Crippen LogP contribution in [0.4, 0.5) is 0 Å². The number of hydrogen-bond donors (Lipinski definition) is 0. The van der Waals surface area contributed by atoms with Gasteiger partial charge in [-0.05, 0) is 36.4 Å². The van der Waals surface area contributed by atoms with Gasteiger partial charge < -0.3 is 0 Å². The van der Waals surface area contributed by atoms with Crippen LogP contribution in [-0.2, 0) is 10.0 Å². The van der Waals surface area contributed by atoms with Gasteiger partial charge in [-0.25, -0.2) is 8.42 Å². The first-order chi connectivity index (χ1) is 11.0. The lowest BCUT2D eigenvalue weighted by atomic mass is 9.91. The van der Waals surface area contributed by atoms with Crippen molar-refractivity contribution >= 4 is 38.7 Å². The van der Waals surface area contributed by atoms with E-state index in [0.717, 1.165) is 0 Å². The number of ketones is 1. The van der Waals surface area contributed by atoms with Crippen LogP contribution >= 0.6 is 22.9 Å². The van der Waals surface area contributed by atoms with E-state index in [1.54, 1.807) is 41.8 Å². The highest BCUT2D eigenvalue weighted by atomic mass is 35.5. The molecule has 3 rings (SSSR count). The number of piperidine rings is 1. The molecule has 1 aliphatic rings. The van der Waals surface area contributed by atoms with Gasteiger partial charge in [0.15, 0.2) is 5.78 Å². The van der Waals surface area contributed by atoms with Gasteiger partial charge in [0.05, 0.1) is 0 Å². The molecule has 1 aliphatic heterocycles. The third-order valence-electron chi connectivity index (χ3n) is 3.95. The Kier molecular flexibility index (Phi) is 4.87. The standard InChI is InChI=1S/C16H16ClNO3S2/c17-14-6-1-4-12(10-14)16(19)13-5-2-8-18(11-13)23(20,21)15-7-3-9-22-15/h1,3-4,6-7,9-10,13H,2,5,8,11H2/t13-/m0/s1. The maximum Gasteiger partial charge on any atom is 0.252 e. The number of hydrogen-bond acceptors (Lipinski definition) is 4. The van der Waals surface area contributed by atoms with E-state index < -0.39 is 10.0 Å². The number of benzene rings is 1. The number of rotatable bonds is 4. The molecule has 1 atom stereocenters. The number of halogens is 1. The van der Waals surface area contributed by atoms with E-state index in [9.17, 15) is 13.2 Å². The fraction of sp³-hybridized carbons (Fsp3) is 0.312. The molecule has 2 aromatic rings. The van der Waals surface area contributed by atoms with Gasteiger partial charge in [-0.3, -0.25) is 4.79 Å². The molecule has 1 aromatic carbocycles. The molecular formula is C16H16ClNO3S2. The molecule has 4 nitrogen and oxygen atoms in total. The van der Waals surface area contributed by atoms with Gasteiger partial charge in [0.2, 0.25) is 0 Å². The normalized spacial score (nSPS) is 19.6. The highest BCUT2D eigenvalue weighted by Gasteiger charge is 2.34. The van der Waals surface area contributed by atoms with Crippen LogP contribution in [0.2, 0.25) is 5.02 Å². The molecule has 7 heteroatoms. The van der Waals surface area contributed by atoms with Gasteiger partial charge in [-0.15, -0.1) is 11.3 Å². The van der Waals surface area contributed by atoms with E-state index >= 15 is 0 Å². The first-order valence-corrected chi connectivity index (χ1v) is 10.0. The minimum Gasteiger partial charge on any atom is -0.294 e. The lowest BCUT2D eigenvalue weighted by molar-refractivity contribution is 0.0872. The van der Waals surface area contributed by atoms with Crippen LogP contribution in [0.3, 0.4) is 0 Å². The van der Waals surface area contributed by atoms with Crippen molar-refractivity contribution in [3.8, 4) is 0 Å². The molecule has 0 saturated carbocycles. The smallest absolute Gasteiger partial charge is 0.252 e. The first kappa shape index (κ1) is 16.6. The van der Waals surface area contributed by atoms with Crippen molar-refractivity contribution < 1.29 is 13.2 Å². The summed E-state index contributed by atoms with van der Waals surface area (Å²) in [5.74, 6) is -0.365. The average Bonchev–Trinajstić information content (AvgIpc) is 3.09. The number of carbonyl (C=O) groups excluding carboxylic acids is 1. The van der Waals surface area contributed by atoms with Crippen molar-refractivity contribution in [2.24, 2.45) is 5.92 Å². The van der Waals surface area contributed by atoms with Crippen molar-refractivity contribution in [3.63, 3.8) is 0 Å². The second-order valence-corrected chi connectivity index (χ2v) is 9.06. The summed E-state index contributed by atoms with van der Waals surface area (Å²) >= 11 is 7.14. The molecule has 0 amide bonds. The SMILES string of the molecule is O=C(c1cccc(Cl)c1)[C@H]1CCCN(S(=O)(=O)c2cccs2)C1. The number of thiophene rings is 1. The van der Waals surface area contributed by atoms with Gasteiger partial charge in [-0.1, -0.05) is 29.8 Å². The van der Waals surface area contributed by atoms with Gasteiger partial charge >= 0.3 is 0 Å². The predicted octanol–water partition coefficient (Wildman–Crippen LogP) is 3.69. The lowest BCUT2D eigenvalue weighted by Crippen LogP contribution is -2.42. The number of sulfonamides is 1. The molecule has 0 spiro atoms. The highest BCUT2D eigenvalue weighted by Crippen LogP contribution is 2.28. The monoisotopic (exact) mass is 369 g/mol. The van der Waals surface area contributed by atoms with Crippen LogP contribution in [0.15, 0.2) is 46.0 Å². The summed E-state index contributed by atoms with van der Waals surface area (Å²) in [5.41, 5.74) is 0.540. The zero-order valence-corrected chi connectivity index (χ0v) is 14.7. The largest absolute Gasteiger partial charge is 0.294 e. The van der Waals surface area contributed by atoms with Gasteiger partial charge in [0, 0.05) is 29.6 Å². The average molecular weight is 370 g/mol. The van der Waals surface area contributed by atoms with Crippen LogP contribution in [0, 0.1) is 5.92 Å². The molecule has 122 valence electrons. The molecule has 1 aromatic heterocycles. The fourth-order valence-corrected chi connectivity index (χ4v) is 5.65. The second-order valence-electron chi connectivity index (χ2n) is 5.51. The Morgan fingerprint density at radius 3 is 2.78 bits per heavy atom. The van der Waals surface area contributed by atoms with Crippen LogP contribution in [-0.4, -0.2) is 31.6 Å². The van der Waals surface area contributed by atoms with Crippen molar-refractivity contribution in [2.45, 2.75) is 17.1 Å². The van der Waals surface area contributed by atoms with Gasteiger partial charge in [0.25, 0.3) is 10.0 Å². The zero-order chi connectivity index (χ0) is 16.4. The molecule has 0 aliphatic carbocycles. The maximum absolute atomic E-state index is 12.6. The Bertz CT molecular complexity index is 802. The Morgan fingerprint density at radius 2 is 2.09 bits per heavy atom. The highest BCUT2D eigenvalue weighted by molar-refractivity contribution is 7.91. The van der Waals surface area contributed by atoms with E-state index in [-0.39, 0.29) is 18.2 Å². The number of nitrogens with zero attached hydrogens (tertiary/aromatic N) is 1. The lowest BCUT2D eigenvalue weighted by Gasteiger charge is -2.30. The van der Waals surface area contributed by atoms with Crippen molar-refractivity contribution in [2.75, 3.05) is 13.1 Å². The summed E-state index contributed by atoms with van der Waals surface area (Å²) in [7, 11) is -3.50. The van der Waals surface area contributed by atoms with E-state index in [1.165, 1.54) is 15.6 Å². The molecule has 23 heavy (non-hydrogen) atoms. The van der Waals surface area contributed by atoms with Crippen LogP contribution < -0.4 is 0 Å². The van der Waals surface area contributed by atoms with E-state index in [2.05, 4.69) is 0 Å². The molecule has 0 bridgehead atoms. The van der Waals surface area contributed by atoms with Gasteiger partial charge in [-0.2, -0.15) is 4.31 Å². The maximum atomic E-state index is 12.6. The number of Topliss-reactive ketones (excluding diaryl/α,β-unsaturated/α-hetero) is 1. The third kappa shape index (κ3) is 3.50. The summed E-state index contributed by atoms with van der Waals surface area (Å²) < 4.78 is 27.0. The Labute approximate surface area is 144 Å². The van der Waals surface area contributed by atoms with E-state index in [1.807, 2.05) is 0 Å². The summed E-state index contributed by atoms with van der Waals surface area (Å²) in [4.78, 5) is 12.6. The second kappa shape index (κ2) is 6.73. The summed E-state index contributed by atoms with van der Waals surface area (Å²) in [6, 6.07) is 10.1. The molecule has 0 N–H and O–H groups in total. The van der Waals surface area contributed by atoms with Crippen LogP contribution in [0.5, 0.6) is 0 Å². The fourth-order valence-electron chi connectivity index (χ4n) is 2.79. The molecule has 1 fully saturated rings. The summed E-state index contributed by atoms with van der Waals surface area (Å²) in [6.45, 7) is 0.686. The van der Waals surface area contributed by atoms with Crippen molar-refractivity contribution in [3.05, 3.63) is 52.4 Å². The third-order valence-corrected chi connectivity index (χ3v) is 7.43. The van der Waals surface area contributed by atoms with Crippen molar-refractivity contribution in [1.82, 2.24) is 4.31 Å². The van der Waals surface area contributed by atoms with E-state index in [4.69, 9.17) is 11.6 Å². The Balaban J connectivity index is 1.80.